The summed E-state index contributed by atoms with van der Waals surface area (Å²) in [6, 6.07) is 8.05. The third kappa shape index (κ3) is 2.53. The molecule has 2 nitrogen and oxygen atoms in total. The molecule has 0 fully saturated rings. The first-order chi connectivity index (χ1) is 8.03. The van der Waals surface area contributed by atoms with Crippen LogP contribution < -0.4 is 5.73 Å². The Balaban J connectivity index is 2.11. The van der Waals surface area contributed by atoms with Crippen molar-refractivity contribution in [2.45, 2.75) is 51.2 Å². The average Bonchev–Trinajstić information content (AvgIpc) is 2.52. The van der Waals surface area contributed by atoms with Gasteiger partial charge in [0.2, 0.25) is 0 Å². The Morgan fingerprint density at radius 3 is 2.82 bits per heavy atom. The highest BCUT2D eigenvalue weighted by Crippen LogP contribution is 2.44. The molecule has 1 aromatic rings. The Morgan fingerprint density at radius 1 is 1.41 bits per heavy atom. The smallest absolute Gasteiger partial charge is 0.0917 e. The molecule has 1 aromatic carbocycles. The van der Waals surface area contributed by atoms with Crippen molar-refractivity contribution >= 4 is 0 Å². The first-order valence-electron chi connectivity index (χ1n) is 6.60. The van der Waals surface area contributed by atoms with Gasteiger partial charge in [0.05, 0.1) is 5.60 Å². The summed E-state index contributed by atoms with van der Waals surface area (Å²) in [4.78, 5) is 0. The fraction of sp³-hybridized carbons (Fsp3) is 0.600. The minimum atomic E-state index is -0.690. The van der Waals surface area contributed by atoms with Crippen LogP contribution in [0.3, 0.4) is 0 Å². The van der Waals surface area contributed by atoms with Crippen LogP contribution in [0.15, 0.2) is 24.3 Å². The molecule has 0 aliphatic heterocycles. The van der Waals surface area contributed by atoms with E-state index in [0.29, 0.717) is 12.3 Å². The van der Waals surface area contributed by atoms with Crippen molar-refractivity contribution < 1.29 is 5.11 Å². The number of hydrogen-bond donors (Lipinski definition) is 2. The van der Waals surface area contributed by atoms with E-state index < -0.39 is 5.60 Å². The second-order valence-electron chi connectivity index (χ2n) is 5.72. The van der Waals surface area contributed by atoms with Crippen LogP contribution in [-0.2, 0) is 5.60 Å². The second kappa shape index (κ2) is 4.79. The molecule has 2 heteroatoms. The van der Waals surface area contributed by atoms with Crippen LogP contribution in [0.2, 0.25) is 0 Å². The summed E-state index contributed by atoms with van der Waals surface area (Å²) in [5.41, 5.74) is 7.58. The third-order valence-electron chi connectivity index (χ3n) is 3.79. The Hall–Kier alpha value is -0.860. The van der Waals surface area contributed by atoms with Crippen LogP contribution >= 0.6 is 0 Å². The molecule has 1 aliphatic rings. The predicted molar refractivity (Wildman–Crippen MR) is 70.6 cm³/mol. The molecule has 2 rings (SSSR count). The maximum Gasteiger partial charge on any atom is 0.0917 e. The molecule has 2 unspecified atom stereocenters. The molecule has 3 N–H and O–H groups in total. The van der Waals surface area contributed by atoms with Gasteiger partial charge in [0, 0.05) is 6.04 Å². The molecular weight excluding hydrogens is 210 g/mol. The number of fused-ring (bicyclic) bond motifs is 1. The number of hydrogen-bond acceptors (Lipinski definition) is 2. The zero-order valence-electron chi connectivity index (χ0n) is 10.8. The quantitative estimate of drug-likeness (QED) is 0.839. The van der Waals surface area contributed by atoms with Gasteiger partial charge in [0.15, 0.2) is 0 Å². The van der Waals surface area contributed by atoms with E-state index in [9.17, 15) is 5.11 Å². The number of aliphatic hydroxyl groups is 1. The molecule has 2 atom stereocenters. The molecule has 0 saturated carbocycles. The first kappa shape index (κ1) is 12.6. The maximum atomic E-state index is 10.7. The van der Waals surface area contributed by atoms with Gasteiger partial charge in [-0.15, -0.1) is 0 Å². The number of nitrogens with two attached hydrogens (primary N) is 1. The van der Waals surface area contributed by atoms with E-state index in [4.69, 9.17) is 5.73 Å². The molecule has 0 saturated heterocycles. The second-order valence-corrected chi connectivity index (χ2v) is 5.72. The topological polar surface area (TPSA) is 46.2 Å². The van der Waals surface area contributed by atoms with E-state index >= 15 is 0 Å². The van der Waals surface area contributed by atoms with Gasteiger partial charge in [-0.2, -0.15) is 0 Å². The molecular formula is C15H23NO. The van der Waals surface area contributed by atoms with E-state index in [1.807, 2.05) is 24.3 Å². The Labute approximate surface area is 104 Å². The zero-order valence-corrected chi connectivity index (χ0v) is 10.8. The average molecular weight is 233 g/mol. The SMILES string of the molecule is CC(C)CCCC1(O)CC(N)c2ccccc21. The summed E-state index contributed by atoms with van der Waals surface area (Å²) in [6.07, 6.45) is 3.73. The molecule has 0 amide bonds. The molecule has 0 aromatic heterocycles. The van der Waals surface area contributed by atoms with Gasteiger partial charge in [0.1, 0.15) is 0 Å². The Morgan fingerprint density at radius 2 is 2.12 bits per heavy atom. The van der Waals surface area contributed by atoms with Crippen molar-refractivity contribution in [2.24, 2.45) is 11.7 Å². The summed E-state index contributed by atoms with van der Waals surface area (Å²) in [6.45, 7) is 4.44. The minimum absolute atomic E-state index is 0.00440. The first-order valence-corrected chi connectivity index (χ1v) is 6.60. The van der Waals surface area contributed by atoms with Crippen molar-refractivity contribution in [3.63, 3.8) is 0 Å². The van der Waals surface area contributed by atoms with Crippen molar-refractivity contribution in [3.8, 4) is 0 Å². The highest BCUT2D eigenvalue weighted by molar-refractivity contribution is 5.39. The monoisotopic (exact) mass is 233 g/mol. The van der Waals surface area contributed by atoms with E-state index in [0.717, 1.165) is 24.0 Å². The number of benzene rings is 1. The largest absolute Gasteiger partial charge is 0.385 e. The molecule has 0 spiro atoms. The van der Waals surface area contributed by atoms with Gasteiger partial charge < -0.3 is 10.8 Å². The van der Waals surface area contributed by atoms with Crippen LogP contribution in [0.25, 0.3) is 0 Å². The molecule has 94 valence electrons. The van der Waals surface area contributed by atoms with Crippen molar-refractivity contribution in [1.29, 1.82) is 0 Å². The summed E-state index contributed by atoms with van der Waals surface area (Å²) < 4.78 is 0. The van der Waals surface area contributed by atoms with Crippen LogP contribution in [0, 0.1) is 5.92 Å². The van der Waals surface area contributed by atoms with Crippen molar-refractivity contribution in [2.75, 3.05) is 0 Å². The van der Waals surface area contributed by atoms with Gasteiger partial charge in [-0.1, -0.05) is 44.5 Å². The van der Waals surface area contributed by atoms with Crippen LogP contribution in [-0.4, -0.2) is 5.11 Å². The van der Waals surface area contributed by atoms with Crippen molar-refractivity contribution in [1.82, 2.24) is 0 Å². The van der Waals surface area contributed by atoms with E-state index in [-0.39, 0.29) is 6.04 Å². The minimum Gasteiger partial charge on any atom is -0.385 e. The summed E-state index contributed by atoms with van der Waals surface area (Å²) in [5, 5.41) is 10.7. The molecule has 1 aliphatic carbocycles. The predicted octanol–water partition coefficient (Wildman–Crippen LogP) is 3.10. The standard InChI is InChI=1S/C15H23NO/c1-11(2)6-5-9-15(17)10-14(16)12-7-3-4-8-13(12)15/h3-4,7-8,11,14,17H,5-6,9-10,16H2,1-2H3. The lowest BCUT2D eigenvalue weighted by molar-refractivity contribution is 0.0216. The fourth-order valence-electron chi connectivity index (χ4n) is 2.87. The van der Waals surface area contributed by atoms with Crippen LogP contribution in [0.1, 0.15) is 56.7 Å². The van der Waals surface area contributed by atoms with Gasteiger partial charge in [-0.3, -0.25) is 0 Å². The lowest BCUT2D eigenvalue weighted by Crippen LogP contribution is -2.23. The third-order valence-corrected chi connectivity index (χ3v) is 3.79. The van der Waals surface area contributed by atoms with Gasteiger partial charge in [-0.05, 0) is 36.3 Å². The molecule has 0 heterocycles. The number of rotatable bonds is 4. The van der Waals surface area contributed by atoms with Crippen molar-refractivity contribution in [3.05, 3.63) is 35.4 Å². The molecule has 0 radical (unpaired) electrons. The summed E-state index contributed by atoms with van der Waals surface area (Å²) >= 11 is 0. The summed E-state index contributed by atoms with van der Waals surface area (Å²) in [5.74, 6) is 0.698. The van der Waals surface area contributed by atoms with E-state index in [1.54, 1.807) is 0 Å². The Bertz CT molecular complexity index is 388. The van der Waals surface area contributed by atoms with Crippen LogP contribution in [0.4, 0.5) is 0 Å². The molecule has 0 bridgehead atoms. The van der Waals surface area contributed by atoms with Gasteiger partial charge >= 0.3 is 0 Å². The van der Waals surface area contributed by atoms with Gasteiger partial charge in [0.25, 0.3) is 0 Å². The fourth-order valence-corrected chi connectivity index (χ4v) is 2.87. The highest BCUT2D eigenvalue weighted by Gasteiger charge is 2.39. The zero-order chi connectivity index (χ0) is 12.5. The Kier molecular flexibility index (Phi) is 3.55. The van der Waals surface area contributed by atoms with E-state index in [2.05, 4.69) is 13.8 Å². The maximum absolute atomic E-state index is 10.7. The highest BCUT2D eigenvalue weighted by atomic mass is 16.3. The lowest BCUT2D eigenvalue weighted by Gasteiger charge is -2.24. The van der Waals surface area contributed by atoms with Gasteiger partial charge in [-0.25, -0.2) is 0 Å². The van der Waals surface area contributed by atoms with Crippen LogP contribution in [0.5, 0.6) is 0 Å². The normalized spacial score (nSPS) is 27.5. The summed E-state index contributed by atoms with van der Waals surface area (Å²) in [7, 11) is 0. The van der Waals surface area contributed by atoms with E-state index in [1.165, 1.54) is 6.42 Å². The molecule has 17 heavy (non-hydrogen) atoms. The lowest BCUT2D eigenvalue weighted by atomic mass is 9.89.